The highest BCUT2D eigenvalue weighted by Gasteiger charge is 2.15. The molecule has 0 heterocycles. The first-order valence-electron chi connectivity index (χ1n) is 10.9. The van der Waals surface area contributed by atoms with Gasteiger partial charge in [-0.1, -0.05) is 58.9 Å². The standard InChI is InChI=1S/C24H38O4/c1-5-6-7-8-9-10-14-20(4)28-24(26)22-16-11-15-21(18-22)23(25)27-17-12-13-19(2)3/h11,15-16,18-20H,5-10,12-14,17H2,1-4H3. The van der Waals surface area contributed by atoms with E-state index in [9.17, 15) is 9.59 Å². The predicted octanol–water partition coefficient (Wildman–Crippen LogP) is 6.58. The fourth-order valence-electron chi connectivity index (χ4n) is 3.03. The molecule has 0 aliphatic heterocycles. The first-order valence-corrected chi connectivity index (χ1v) is 10.9. The zero-order chi connectivity index (χ0) is 20.8. The van der Waals surface area contributed by atoms with Crippen LogP contribution in [-0.2, 0) is 9.47 Å². The summed E-state index contributed by atoms with van der Waals surface area (Å²) in [4.78, 5) is 24.5. The van der Waals surface area contributed by atoms with Crippen LogP contribution in [0, 0.1) is 5.92 Å². The molecule has 4 nitrogen and oxygen atoms in total. The lowest BCUT2D eigenvalue weighted by molar-refractivity contribution is 0.0319. The summed E-state index contributed by atoms with van der Waals surface area (Å²) in [5, 5.41) is 0. The number of hydrogen-bond donors (Lipinski definition) is 0. The smallest absolute Gasteiger partial charge is 0.338 e. The number of rotatable bonds is 14. The van der Waals surface area contributed by atoms with Crippen LogP contribution in [0.2, 0.25) is 0 Å². The van der Waals surface area contributed by atoms with Crippen LogP contribution >= 0.6 is 0 Å². The number of benzene rings is 1. The van der Waals surface area contributed by atoms with Crippen molar-refractivity contribution in [1.29, 1.82) is 0 Å². The van der Waals surface area contributed by atoms with E-state index in [0.29, 0.717) is 23.7 Å². The first-order chi connectivity index (χ1) is 13.4. The van der Waals surface area contributed by atoms with E-state index in [4.69, 9.17) is 9.47 Å². The van der Waals surface area contributed by atoms with Gasteiger partial charge in [-0.3, -0.25) is 0 Å². The van der Waals surface area contributed by atoms with Gasteiger partial charge in [0.2, 0.25) is 0 Å². The second kappa shape index (κ2) is 14.2. The molecular weight excluding hydrogens is 352 g/mol. The summed E-state index contributed by atoms with van der Waals surface area (Å²) in [5.41, 5.74) is 0.786. The number of unbranched alkanes of at least 4 members (excludes halogenated alkanes) is 5. The molecule has 0 aliphatic rings. The van der Waals surface area contributed by atoms with Gasteiger partial charge < -0.3 is 9.47 Å². The molecule has 0 N–H and O–H groups in total. The Morgan fingerprint density at radius 2 is 1.50 bits per heavy atom. The Labute approximate surface area is 171 Å². The lowest BCUT2D eigenvalue weighted by Crippen LogP contribution is -2.16. The molecule has 0 spiro atoms. The highest BCUT2D eigenvalue weighted by atomic mass is 16.5. The molecule has 0 amide bonds. The van der Waals surface area contributed by atoms with E-state index in [-0.39, 0.29) is 12.1 Å². The van der Waals surface area contributed by atoms with Gasteiger partial charge >= 0.3 is 11.9 Å². The van der Waals surface area contributed by atoms with Crippen LogP contribution in [-0.4, -0.2) is 24.6 Å². The zero-order valence-electron chi connectivity index (χ0n) is 18.2. The fourth-order valence-corrected chi connectivity index (χ4v) is 3.03. The molecule has 1 aromatic rings. The molecule has 0 radical (unpaired) electrons. The summed E-state index contributed by atoms with van der Waals surface area (Å²) in [6.07, 6.45) is 9.94. The topological polar surface area (TPSA) is 52.6 Å². The second-order valence-electron chi connectivity index (χ2n) is 8.03. The molecule has 1 rings (SSSR count). The van der Waals surface area contributed by atoms with Crippen LogP contribution in [0.5, 0.6) is 0 Å². The van der Waals surface area contributed by atoms with Crippen molar-refractivity contribution in [2.45, 2.75) is 91.6 Å². The van der Waals surface area contributed by atoms with Crippen LogP contribution in [0.3, 0.4) is 0 Å². The summed E-state index contributed by atoms with van der Waals surface area (Å²) in [6.45, 7) is 8.83. The summed E-state index contributed by atoms with van der Waals surface area (Å²) >= 11 is 0. The lowest BCUT2D eigenvalue weighted by atomic mass is 10.1. The number of ether oxygens (including phenoxy) is 2. The predicted molar refractivity (Wildman–Crippen MR) is 114 cm³/mol. The maximum atomic E-state index is 12.4. The number of hydrogen-bond acceptors (Lipinski definition) is 4. The van der Waals surface area contributed by atoms with E-state index < -0.39 is 5.97 Å². The second-order valence-corrected chi connectivity index (χ2v) is 8.03. The fraction of sp³-hybridized carbons (Fsp3) is 0.667. The highest BCUT2D eigenvalue weighted by Crippen LogP contribution is 2.14. The van der Waals surface area contributed by atoms with Crippen molar-refractivity contribution in [3.8, 4) is 0 Å². The third-order valence-corrected chi connectivity index (χ3v) is 4.77. The van der Waals surface area contributed by atoms with Crippen LogP contribution < -0.4 is 0 Å². The van der Waals surface area contributed by atoms with Crippen molar-refractivity contribution in [3.05, 3.63) is 35.4 Å². The summed E-state index contributed by atoms with van der Waals surface area (Å²) in [7, 11) is 0. The van der Waals surface area contributed by atoms with Crippen molar-refractivity contribution in [1.82, 2.24) is 0 Å². The van der Waals surface area contributed by atoms with E-state index in [1.165, 1.54) is 32.1 Å². The van der Waals surface area contributed by atoms with Crippen LogP contribution in [0.25, 0.3) is 0 Å². The Morgan fingerprint density at radius 1 is 0.857 bits per heavy atom. The van der Waals surface area contributed by atoms with Gasteiger partial charge in [-0.05, 0) is 56.7 Å². The molecule has 1 atom stereocenters. The highest BCUT2D eigenvalue weighted by molar-refractivity contribution is 5.95. The van der Waals surface area contributed by atoms with E-state index in [0.717, 1.165) is 25.7 Å². The monoisotopic (exact) mass is 390 g/mol. The summed E-state index contributed by atoms with van der Waals surface area (Å²) < 4.78 is 10.8. The van der Waals surface area contributed by atoms with Gasteiger partial charge in [0.15, 0.2) is 0 Å². The van der Waals surface area contributed by atoms with Crippen LogP contribution in [0.1, 0.15) is 106 Å². The average Bonchev–Trinajstić information content (AvgIpc) is 2.67. The Bertz CT molecular complexity index is 580. The third-order valence-electron chi connectivity index (χ3n) is 4.77. The van der Waals surface area contributed by atoms with E-state index >= 15 is 0 Å². The Hall–Kier alpha value is -1.84. The molecule has 0 saturated heterocycles. The van der Waals surface area contributed by atoms with E-state index in [1.54, 1.807) is 24.3 Å². The Balaban J connectivity index is 2.40. The quantitative estimate of drug-likeness (QED) is 0.266. The maximum Gasteiger partial charge on any atom is 0.338 e. The van der Waals surface area contributed by atoms with Crippen LogP contribution in [0.4, 0.5) is 0 Å². The molecule has 1 aromatic carbocycles. The largest absolute Gasteiger partial charge is 0.462 e. The normalized spacial score (nSPS) is 12.0. The summed E-state index contributed by atoms with van der Waals surface area (Å²) in [5.74, 6) is -0.179. The molecule has 1 unspecified atom stereocenters. The molecule has 0 fully saturated rings. The minimum absolute atomic E-state index is 0.120. The molecular formula is C24H38O4. The van der Waals surface area contributed by atoms with Crippen molar-refractivity contribution in [2.24, 2.45) is 5.92 Å². The maximum absolute atomic E-state index is 12.4. The Kier molecular flexibility index (Phi) is 12.3. The molecule has 0 bridgehead atoms. The zero-order valence-corrected chi connectivity index (χ0v) is 18.2. The van der Waals surface area contributed by atoms with Gasteiger partial charge in [0.25, 0.3) is 0 Å². The molecule has 158 valence electrons. The SMILES string of the molecule is CCCCCCCCC(C)OC(=O)c1cccc(C(=O)OCCCC(C)C)c1. The molecule has 0 aromatic heterocycles. The molecule has 28 heavy (non-hydrogen) atoms. The number of carbonyl (C=O) groups excluding carboxylic acids is 2. The minimum Gasteiger partial charge on any atom is -0.462 e. The number of esters is 2. The van der Waals surface area contributed by atoms with Gasteiger partial charge in [-0.25, -0.2) is 9.59 Å². The van der Waals surface area contributed by atoms with Gasteiger partial charge in [-0.2, -0.15) is 0 Å². The van der Waals surface area contributed by atoms with Gasteiger partial charge in [-0.15, -0.1) is 0 Å². The van der Waals surface area contributed by atoms with Gasteiger partial charge in [0.1, 0.15) is 0 Å². The van der Waals surface area contributed by atoms with Crippen LogP contribution in [0.15, 0.2) is 24.3 Å². The Morgan fingerprint density at radius 3 is 2.18 bits per heavy atom. The molecule has 4 heteroatoms. The van der Waals surface area contributed by atoms with Crippen molar-refractivity contribution >= 4 is 11.9 Å². The lowest BCUT2D eigenvalue weighted by Gasteiger charge is -2.13. The minimum atomic E-state index is -0.390. The van der Waals surface area contributed by atoms with E-state index in [1.807, 2.05) is 6.92 Å². The molecule has 0 aliphatic carbocycles. The van der Waals surface area contributed by atoms with Gasteiger partial charge in [0, 0.05) is 0 Å². The van der Waals surface area contributed by atoms with Crippen molar-refractivity contribution in [2.75, 3.05) is 6.61 Å². The number of carbonyl (C=O) groups is 2. The van der Waals surface area contributed by atoms with Crippen molar-refractivity contribution in [3.63, 3.8) is 0 Å². The van der Waals surface area contributed by atoms with E-state index in [2.05, 4.69) is 20.8 Å². The van der Waals surface area contributed by atoms with Crippen molar-refractivity contribution < 1.29 is 19.1 Å². The first kappa shape index (κ1) is 24.2. The third kappa shape index (κ3) is 10.5. The van der Waals surface area contributed by atoms with Gasteiger partial charge in [0.05, 0.1) is 23.8 Å². The molecule has 0 saturated carbocycles. The summed E-state index contributed by atoms with van der Waals surface area (Å²) in [6, 6.07) is 6.60. The average molecular weight is 391 g/mol.